The lowest BCUT2D eigenvalue weighted by Crippen LogP contribution is -2.45. The number of hydrogen-bond acceptors (Lipinski definition) is 3. The van der Waals surface area contributed by atoms with Gasteiger partial charge in [0.1, 0.15) is 0 Å². The Kier molecular flexibility index (Phi) is 3.35. The molecule has 0 saturated carbocycles. The second-order valence-electron chi connectivity index (χ2n) is 6.72. The predicted molar refractivity (Wildman–Crippen MR) is 93.9 cm³/mol. The van der Waals surface area contributed by atoms with Crippen molar-refractivity contribution in [2.24, 2.45) is 0 Å². The molecule has 2 aromatic carbocycles. The Balaban J connectivity index is 1.70. The van der Waals surface area contributed by atoms with E-state index in [2.05, 4.69) is 16.3 Å². The third kappa shape index (κ3) is 2.04. The normalized spacial score (nSPS) is 24.7. The minimum Gasteiger partial charge on any atom is -0.366 e. The summed E-state index contributed by atoms with van der Waals surface area (Å²) in [6.07, 6.45) is 1.15. The molecule has 2 atom stereocenters. The smallest absolute Gasteiger partial charge is 0.166 e. The van der Waals surface area contributed by atoms with Crippen LogP contribution >= 0.6 is 11.8 Å². The molecule has 3 aliphatic rings. The van der Waals surface area contributed by atoms with Crippen molar-refractivity contribution in [1.29, 1.82) is 0 Å². The predicted octanol–water partition coefficient (Wildman–Crippen LogP) is 4.00. The number of anilines is 1. The van der Waals surface area contributed by atoms with Crippen molar-refractivity contribution in [3.8, 4) is 11.1 Å². The molecule has 24 heavy (non-hydrogen) atoms. The van der Waals surface area contributed by atoms with E-state index in [1.54, 1.807) is 12.1 Å². The van der Waals surface area contributed by atoms with Crippen molar-refractivity contribution in [2.75, 3.05) is 30.3 Å². The van der Waals surface area contributed by atoms with E-state index in [-0.39, 0.29) is 0 Å². The van der Waals surface area contributed by atoms with Gasteiger partial charge in [-0.2, -0.15) is 0 Å². The van der Waals surface area contributed by atoms with Crippen LogP contribution in [0.5, 0.6) is 0 Å². The number of halogens is 2. The first kappa shape index (κ1) is 14.7. The van der Waals surface area contributed by atoms with Crippen molar-refractivity contribution < 1.29 is 8.78 Å². The first-order valence-electron chi connectivity index (χ1n) is 8.46. The van der Waals surface area contributed by atoms with Gasteiger partial charge in [-0.1, -0.05) is 12.1 Å². The molecule has 0 aromatic heterocycles. The van der Waals surface area contributed by atoms with Crippen LogP contribution in [0, 0.1) is 11.6 Å². The number of hydrogen-bond donors (Lipinski definition) is 1. The zero-order chi connectivity index (χ0) is 16.3. The lowest BCUT2D eigenvalue weighted by atomic mass is 9.88. The maximum Gasteiger partial charge on any atom is 0.166 e. The largest absolute Gasteiger partial charge is 0.366 e. The highest BCUT2D eigenvalue weighted by Gasteiger charge is 2.42. The van der Waals surface area contributed by atoms with E-state index in [0.29, 0.717) is 17.5 Å². The first-order valence-corrected chi connectivity index (χ1v) is 9.45. The summed E-state index contributed by atoms with van der Waals surface area (Å²) in [5, 5.41) is 3.49. The van der Waals surface area contributed by atoms with Crippen LogP contribution in [0.2, 0.25) is 0 Å². The summed E-state index contributed by atoms with van der Waals surface area (Å²) < 4.78 is 28.0. The second kappa shape index (κ2) is 5.46. The van der Waals surface area contributed by atoms with Gasteiger partial charge in [0.2, 0.25) is 0 Å². The Morgan fingerprint density at radius 1 is 1.21 bits per heavy atom. The number of nitrogens with zero attached hydrogens (tertiary/aromatic N) is 1. The van der Waals surface area contributed by atoms with Crippen LogP contribution in [0.1, 0.15) is 17.9 Å². The van der Waals surface area contributed by atoms with Crippen molar-refractivity contribution >= 4 is 17.4 Å². The van der Waals surface area contributed by atoms with E-state index >= 15 is 0 Å². The third-order valence-electron chi connectivity index (χ3n) is 5.49. The Labute approximate surface area is 144 Å². The van der Waals surface area contributed by atoms with Crippen molar-refractivity contribution in [2.45, 2.75) is 23.3 Å². The van der Waals surface area contributed by atoms with Gasteiger partial charge in [-0.05, 0) is 42.3 Å². The van der Waals surface area contributed by atoms with Crippen molar-refractivity contribution in [1.82, 2.24) is 5.32 Å². The van der Waals surface area contributed by atoms with Gasteiger partial charge >= 0.3 is 0 Å². The van der Waals surface area contributed by atoms with Crippen LogP contribution in [0.25, 0.3) is 11.1 Å². The van der Waals surface area contributed by atoms with Crippen LogP contribution in [-0.4, -0.2) is 31.4 Å². The second-order valence-corrected chi connectivity index (χ2v) is 7.86. The maximum absolute atomic E-state index is 14.3. The minimum absolute atomic E-state index is 0.360. The van der Waals surface area contributed by atoms with E-state index in [1.807, 2.05) is 17.8 Å². The fourth-order valence-corrected chi connectivity index (χ4v) is 5.53. The Morgan fingerprint density at radius 2 is 2.12 bits per heavy atom. The number of benzene rings is 2. The number of nitrogens with one attached hydrogen (secondary N) is 1. The molecule has 5 rings (SSSR count). The fourth-order valence-electron chi connectivity index (χ4n) is 4.44. The van der Waals surface area contributed by atoms with Crippen molar-refractivity contribution in [3.63, 3.8) is 0 Å². The maximum atomic E-state index is 14.3. The molecule has 1 N–H and O–H groups in total. The molecular weight excluding hydrogens is 326 g/mol. The van der Waals surface area contributed by atoms with Crippen LogP contribution < -0.4 is 10.2 Å². The van der Waals surface area contributed by atoms with Gasteiger partial charge in [0.15, 0.2) is 11.6 Å². The standard InChI is InChI=1S/C19H18F2N2S/c20-15-3-1-2-12(18(15)21)11-8-13-14-10-22-5-4-16(14)23-6-7-24-17(9-11)19(13)23/h1-3,8-9,14,16,22H,4-7,10H2/t14-,16-/m0/s1. The number of rotatable bonds is 1. The van der Waals surface area contributed by atoms with Gasteiger partial charge in [0.05, 0.1) is 5.69 Å². The highest BCUT2D eigenvalue weighted by molar-refractivity contribution is 7.99. The van der Waals surface area contributed by atoms with Crippen LogP contribution in [0.15, 0.2) is 35.2 Å². The van der Waals surface area contributed by atoms with Crippen LogP contribution in [0.3, 0.4) is 0 Å². The van der Waals surface area contributed by atoms with E-state index in [1.165, 1.54) is 22.2 Å². The minimum atomic E-state index is -0.784. The van der Waals surface area contributed by atoms with Gasteiger partial charge in [-0.15, -0.1) is 11.8 Å². The van der Waals surface area contributed by atoms with Gasteiger partial charge in [0, 0.05) is 41.3 Å². The van der Waals surface area contributed by atoms with Gasteiger partial charge in [-0.3, -0.25) is 0 Å². The van der Waals surface area contributed by atoms with E-state index in [9.17, 15) is 8.78 Å². The molecule has 0 spiro atoms. The highest BCUT2D eigenvalue weighted by atomic mass is 32.2. The summed E-state index contributed by atoms with van der Waals surface area (Å²) in [7, 11) is 0. The molecule has 5 heteroatoms. The molecule has 0 radical (unpaired) electrons. The Morgan fingerprint density at radius 3 is 3.04 bits per heavy atom. The zero-order valence-electron chi connectivity index (χ0n) is 13.2. The lowest BCUT2D eigenvalue weighted by Gasteiger charge is -2.36. The first-order chi connectivity index (χ1) is 11.7. The molecule has 2 nitrogen and oxygen atoms in total. The SMILES string of the molecule is Fc1cccc(-c2cc3c4c(c2)[C@@H]2CNCC[C@@H]2N4CCS3)c1F. The summed E-state index contributed by atoms with van der Waals surface area (Å²) in [6.45, 7) is 3.10. The highest BCUT2D eigenvalue weighted by Crippen LogP contribution is 2.51. The Hall–Kier alpha value is -1.59. The van der Waals surface area contributed by atoms with Crippen LogP contribution in [0.4, 0.5) is 14.5 Å². The molecule has 0 bridgehead atoms. The molecule has 1 saturated heterocycles. The van der Waals surface area contributed by atoms with Gasteiger partial charge < -0.3 is 10.2 Å². The summed E-state index contributed by atoms with van der Waals surface area (Å²) in [4.78, 5) is 3.77. The summed E-state index contributed by atoms with van der Waals surface area (Å²) in [5.41, 5.74) is 3.79. The van der Waals surface area contributed by atoms with E-state index < -0.39 is 11.6 Å². The molecule has 0 unspecified atom stereocenters. The Bertz CT molecular complexity index is 823. The number of thioether (sulfide) groups is 1. The molecule has 2 aromatic rings. The average Bonchev–Trinajstić information content (AvgIpc) is 2.94. The molecule has 3 aliphatic heterocycles. The molecule has 0 amide bonds. The quantitative estimate of drug-likeness (QED) is 0.842. The number of piperidine rings is 1. The molecule has 1 fully saturated rings. The number of fused-ring (bicyclic) bond motifs is 3. The van der Waals surface area contributed by atoms with Crippen LogP contribution in [-0.2, 0) is 0 Å². The third-order valence-corrected chi connectivity index (χ3v) is 6.50. The van der Waals surface area contributed by atoms with E-state index in [4.69, 9.17) is 0 Å². The molecular formula is C19H18F2N2S. The summed E-state index contributed by atoms with van der Waals surface area (Å²) in [6, 6.07) is 9.11. The molecule has 124 valence electrons. The lowest BCUT2D eigenvalue weighted by molar-refractivity contribution is 0.405. The van der Waals surface area contributed by atoms with Gasteiger partial charge in [0.25, 0.3) is 0 Å². The average molecular weight is 344 g/mol. The summed E-state index contributed by atoms with van der Waals surface area (Å²) >= 11 is 1.83. The molecule has 0 aliphatic carbocycles. The van der Waals surface area contributed by atoms with Crippen molar-refractivity contribution in [3.05, 3.63) is 47.5 Å². The topological polar surface area (TPSA) is 15.3 Å². The van der Waals surface area contributed by atoms with E-state index in [0.717, 1.165) is 37.4 Å². The zero-order valence-corrected chi connectivity index (χ0v) is 14.0. The van der Waals surface area contributed by atoms with Gasteiger partial charge in [-0.25, -0.2) is 8.78 Å². The monoisotopic (exact) mass is 344 g/mol. The fraction of sp³-hybridized carbons (Fsp3) is 0.368. The summed E-state index contributed by atoms with van der Waals surface area (Å²) in [5.74, 6) is -0.0346. The molecule has 3 heterocycles.